The summed E-state index contributed by atoms with van der Waals surface area (Å²) in [6, 6.07) is 86.6. The first-order chi connectivity index (χ1) is 30.2. The van der Waals surface area contributed by atoms with Gasteiger partial charge in [0, 0.05) is 16.5 Å². The van der Waals surface area contributed by atoms with Crippen molar-refractivity contribution in [3.8, 4) is 61.3 Å². The van der Waals surface area contributed by atoms with E-state index in [0.717, 1.165) is 5.69 Å². The van der Waals surface area contributed by atoms with Crippen LogP contribution < -0.4 is 0 Å². The Labute approximate surface area is 355 Å². The Balaban J connectivity index is 0.886. The van der Waals surface area contributed by atoms with Gasteiger partial charge in [0.25, 0.3) is 0 Å². The molecule has 0 amide bonds. The molecule has 11 aromatic carbocycles. The fraction of sp³-hybridized carbons (Fsp3) is 0. The normalized spacial score (nSPS) is 11.6. The van der Waals surface area contributed by atoms with Crippen molar-refractivity contribution < 1.29 is 0 Å². The topological polar surface area (TPSA) is 4.93 Å². The van der Waals surface area contributed by atoms with E-state index < -0.39 is 0 Å². The van der Waals surface area contributed by atoms with Gasteiger partial charge in [0.15, 0.2) is 0 Å². The predicted molar refractivity (Wildman–Crippen MR) is 260 cm³/mol. The predicted octanol–water partition coefficient (Wildman–Crippen LogP) is 16.6. The molecule has 1 nitrogen and oxygen atoms in total. The van der Waals surface area contributed by atoms with Crippen molar-refractivity contribution in [2.24, 2.45) is 0 Å². The average molecular weight is 774 g/mol. The molecule has 12 rings (SSSR count). The lowest BCUT2D eigenvalue weighted by molar-refractivity contribution is 1.18. The van der Waals surface area contributed by atoms with Gasteiger partial charge in [-0.15, -0.1) is 0 Å². The van der Waals surface area contributed by atoms with Crippen molar-refractivity contribution in [1.29, 1.82) is 0 Å². The first kappa shape index (κ1) is 35.0. The van der Waals surface area contributed by atoms with Crippen LogP contribution in [0.1, 0.15) is 0 Å². The van der Waals surface area contributed by atoms with E-state index in [2.05, 4.69) is 241 Å². The standard InChI is InChI=1S/C60H39N/c1-2-13-45(14-3-1)59-52-17-6-8-19-54(52)60(55-20-9-7-18-53(55)59)46-32-35-50(36-33-46)61-57-21-11-10-16-51(57)56-39-49(34-37-58(56)61)44-28-24-42(25-29-44)41-22-26-43(27-23-41)48-31-30-40-12-4-5-15-47(40)38-48/h1-39H. The van der Waals surface area contributed by atoms with Crippen LogP contribution in [0.3, 0.4) is 0 Å². The highest BCUT2D eigenvalue weighted by molar-refractivity contribution is 6.21. The molecule has 0 fully saturated rings. The van der Waals surface area contributed by atoms with Crippen molar-refractivity contribution in [3.63, 3.8) is 0 Å². The minimum absolute atomic E-state index is 1.15. The van der Waals surface area contributed by atoms with E-state index in [9.17, 15) is 0 Å². The van der Waals surface area contributed by atoms with E-state index >= 15 is 0 Å². The van der Waals surface area contributed by atoms with Crippen LogP contribution >= 0.6 is 0 Å². The molecule has 0 radical (unpaired) electrons. The number of para-hydroxylation sites is 1. The first-order valence-corrected chi connectivity index (χ1v) is 21.1. The van der Waals surface area contributed by atoms with Crippen LogP contribution in [0.15, 0.2) is 237 Å². The Morgan fingerprint density at radius 3 is 1.20 bits per heavy atom. The van der Waals surface area contributed by atoms with E-state index in [1.807, 2.05) is 0 Å². The van der Waals surface area contributed by atoms with Crippen LogP contribution in [0.4, 0.5) is 0 Å². The summed E-state index contributed by atoms with van der Waals surface area (Å²) in [7, 11) is 0. The molecular formula is C60H39N. The highest BCUT2D eigenvalue weighted by Crippen LogP contribution is 2.44. The Bertz CT molecular complexity index is 3540. The first-order valence-electron chi connectivity index (χ1n) is 21.1. The number of rotatable bonds is 6. The molecule has 0 aliphatic carbocycles. The second kappa shape index (κ2) is 14.4. The largest absolute Gasteiger partial charge is 0.309 e. The number of nitrogens with zero attached hydrogens (tertiary/aromatic N) is 1. The molecule has 12 aromatic rings. The van der Waals surface area contributed by atoms with Gasteiger partial charge in [-0.1, -0.05) is 200 Å². The number of fused-ring (bicyclic) bond motifs is 6. The fourth-order valence-corrected chi connectivity index (χ4v) is 9.64. The summed E-state index contributed by atoms with van der Waals surface area (Å²) in [6.45, 7) is 0. The van der Waals surface area contributed by atoms with E-state index in [1.54, 1.807) is 0 Å². The van der Waals surface area contributed by atoms with Crippen LogP contribution in [-0.4, -0.2) is 4.57 Å². The van der Waals surface area contributed by atoms with Crippen LogP contribution in [0.5, 0.6) is 0 Å². The Hall–Kier alpha value is -8.00. The third-order valence-electron chi connectivity index (χ3n) is 12.6. The zero-order valence-corrected chi connectivity index (χ0v) is 33.5. The second-order valence-electron chi connectivity index (χ2n) is 16.1. The third-order valence-corrected chi connectivity index (χ3v) is 12.6. The molecule has 1 heterocycles. The van der Waals surface area contributed by atoms with Crippen molar-refractivity contribution >= 4 is 54.1 Å². The van der Waals surface area contributed by atoms with Crippen LogP contribution in [0.2, 0.25) is 0 Å². The van der Waals surface area contributed by atoms with Gasteiger partial charge in [-0.05, 0) is 124 Å². The molecule has 0 unspecified atom stereocenters. The summed E-state index contributed by atoms with van der Waals surface area (Å²) in [5.41, 5.74) is 15.9. The molecule has 0 aliphatic rings. The molecule has 284 valence electrons. The summed E-state index contributed by atoms with van der Waals surface area (Å²) < 4.78 is 2.41. The average Bonchev–Trinajstić information content (AvgIpc) is 3.67. The van der Waals surface area contributed by atoms with Gasteiger partial charge in [-0.3, -0.25) is 0 Å². The second-order valence-corrected chi connectivity index (χ2v) is 16.1. The van der Waals surface area contributed by atoms with Gasteiger partial charge in [-0.25, -0.2) is 0 Å². The highest BCUT2D eigenvalue weighted by Gasteiger charge is 2.18. The number of hydrogen-bond acceptors (Lipinski definition) is 0. The maximum atomic E-state index is 2.41. The van der Waals surface area contributed by atoms with Gasteiger partial charge in [0.05, 0.1) is 11.0 Å². The maximum Gasteiger partial charge on any atom is 0.0541 e. The molecule has 0 saturated heterocycles. The van der Waals surface area contributed by atoms with Crippen molar-refractivity contribution in [2.45, 2.75) is 0 Å². The Morgan fingerprint density at radius 1 is 0.213 bits per heavy atom. The van der Waals surface area contributed by atoms with Gasteiger partial charge in [0.2, 0.25) is 0 Å². The molecule has 1 aromatic heterocycles. The SMILES string of the molecule is c1ccc(-c2c3ccccc3c(-c3ccc(-n4c5ccccc5c5cc(-c6ccc(-c7ccc(-c8ccc9ccccc9c8)cc7)cc6)ccc54)cc3)c3ccccc23)cc1. The van der Waals surface area contributed by atoms with E-state index in [1.165, 1.54) is 110 Å². The minimum Gasteiger partial charge on any atom is -0.309 e. The number of hydrogen-bond donors (Lipinski definition) is 0. The summed E-state index contributed by atoms with van der Waals surface area (Å²) in [5.74, 6) is 0. The zero-order chi connectivity index (χ0) is 40.3. The number of benzene rings is 11. The quantitative estimate of drug-likeness (QED) is 0.148. The maximum absolute atomic E-state index is 2.41. The van der Waals surface area contributed by atoms with Crippen molar-refractivity contribution in [3.05, 3.63) is 237 Å². The van der Waals surface area contributed by atoms with E-state index in [-0.39, 0.29) is 0 Å². The molecule has 0 spiro atoms. The molecule has 61 heavy (non-hydrogen) atoms. The fourth-order valence-electron chi connectivity index (χ4n) is 9.64. The lowest BCUT2D eigenvalue weighted by Gasteiger charge is -2.18. The highest BCUT2D eigenvalue weighted by atomic mass is 15.0. The molecule has 0 saturated carbocycles. The van der Waals surface area contributed by atoms with Crippen LogP contribution in [-0.2, 0) is 0 Å². The van der Waals surface area contributed by atoms with Gasteiger partial charge < -0.3 is 4.57 Å². The zero-order valence-electron chi connectivity index (χ0n) is 33.5. The van der Waals surface area contributed by atoms with E-state index in [4.69, 9.17) is 0 Å². The van der Waals surface area contributed by atoms with Crippen molar-refractivity contribution in [1.82, 2.24) is 4.57 Å². The summed E-state index contributed by atoms with van der Waals surface area (Å²) >= 11 is 0. The lowest BCUT2D eigenvalue weighted by atomic mass is 9.86. The van der Waals surface area contributed by atoms with Gasteiger partial charge in [0.1, 0.15) is 0 Å². The summed E-state index contributed by atoms with van der Waals surface area (Å²) in [4.78, 5) is 0. The molecule has 0 bridgehead atoms. The molecule has 0 atom stereocenters. The van der Waals surface area contributed by atoms with Crippen molar-refractivity contribution in [2.75, 3.05) is 0 Å². The smallest absolute Gasteiger partial charge is 0.0541 e. The molecule has 0 aliphatic heterocycles. The summed E-state index contributed by atoms with van der Waals surface area (Å²) in [5, 5.41) is 10.1. The molecular weight excluding hydrogens is 735 g/mol. The monoisotopic (exact) mass is 773 g/mol. The number of aromatic nitrogens is 1. The van der Waals surface area contributed by atoms with Crippen LogP contribution in [0.25, 0.3) is 115 Å². The lowest BCUT2D eigenvalue weighted by Crippen LogP contribution is -1.94. The Morgan fingerprint density at radius 2 is 0.607 bits per heavy atom. The minimum atomic E-state index is 1.15. The van der Waals surface area contributed by atoms with E-state index in [0.29, 0.717) is 0 Å². The third kappa shape index (κ3) is 5.93. The molecule has 1 heteroatoms. The van der Waals surface area contributed by atoms with Crippen LogP contribution in [0, 0.1) is 0 Å². The Kier molecular flexibility index (Phi) is 8.25. The van der Waals surface area contributed by atoms with Gasteiger partial charge >= 0.3 is 0 Å². The van der Waals surface area contributed by atoms with Gasteiger partial charge in [-0.2, -0.15) is 0 Å². The molecule has 0 N–H and O–H groups in total. The summed E-state index contributed by atoms with van der Waals surface area (Å²) in [6.07, 6.45) is 0.